The average Bonchev–Trinajstić information content (AvgIpc) is 3.27. The molecule has 0 spiro atoms. The molecule has 174 valence electrons. The van der Waals surface area contributed by atoms with Gasteiger partial charge in [-0.15, -0.1) is 12.6 Å². The second-order valence-electron chi connectivity index (χ2n) is 9.08. The molecule has 0 amide bonds. The van der Waals surface area contributed by atoms with Crippen molar-refractivity contribution in [2.24, 2.45) is 0 Å². The highest BCUT2D eigenvalue weighted by Crippen LogP contribution is 2.45. The zero-order chi connectivity index (χ0) is 24.6. The summed E-state index contributed by atoms with van der Waals surface area (Å²) in [5.74, 6) is 0.680. The number of aryl methyl sites for hydroxylation is 3. The van der Waals surface area contributed by atoms with E-state index in [2.05, 4.69) is 37.5 Å². The molecule has 0 aliphatic carbocycles. The number of halogens is 1. The smallest absolute Gasteiger partial charge is 0.145 e. The van der Waals surface area contributed by atoms with Gasteiger partial charge in [-0.05, 0) is 51.3 Å². The third-order valence-corrected chi connectivity index (χ3v) is 7.16. The SMILES string of the molecule is Cc1cc(C)c(-n2ccnc2-c2c(C(C)(C)SF)ccc(C(=N)c3ccccc3)c2S)c(C)c1. The van der Waals surface area contributed by atoms with Crippen LogP contribution in [0.3, 0.4) is 0 Å². The van der Waals surface area contributed by atoms with Crippen molar-refractivity contribution in [3.8, 4) is 17.1 Å². The predicted octanol–water partition coefficient (Wildman–Crippen LogP) is 8.02. The Morgan fingerprint density at radius 3 is 2.29 bits per heavy atom. The Balaban J connectivity index is 2.01. The maximum absolute atomic E-state index is 14.2. The van der Waals surface area contributed by atoms with E-state index in [0.29, 0.717) is 34.1 Å². The molecule has 0 radical (unpaired) electrons. The monoisotopic (exact) mass is 489 g/mol. The van der Waals surface area contributed by atoms with E-state index in [9.17, 15) is 3.89 Å². The first-order valence-corrected chi connectivity index (χ1v) is 12.2. The molecule has 1 aromatic heterocycles. The van der Waals surface area contributed by atoms with Crippen LogP contribution in [0, 0.1) is 26.2 Å². The van der Waals surface area contributed by atoms with Crippen LogP contribution in [0.4, 0.5) is 3.89 Å². The molecule has 0 atom stereocenters. The molecular formula is C28H28FN3S2. The van der Waals surface area contributed by atoms with Gasteiger partial charge in [0, 0.05) is 34.0 Å². The lowest BCUT2D eigenvalue weighted by Gasteiger charge is -2.26. The standard InChI is InChI=1S/C28H28FN3S2/c1-17-15-18(2)25(19(3)16-17)32-14-13-31-27(32)23-22(28(4,5)34-29)12-11-21(26(23)33)24(30)20-9-7-6-8-10-20/h6-16,30,33H,1-5H3. The van der Waals surface area contributed by atoms with Crippen molar-refractivity contribution in [3.63, 3.8) is 0 Å². The Labute approximate surface area is 210 Å². The summed E-state index contributed by atoms with van der Waals surface area (Å²) >= 11 is 5.23. The minimum atomic E-state index is -0.825. The zero-order valence-corrected chi connectivity index (χ0v) is 21.7. The molecule has 0 fully saturated rings. The molecule has 3 aromatic carbocycles. The van der Waals surface area contributed by atoms with E-state index in [-0.39, 0.29) is 0 Å². The van der Waals surface area contributed by atoms with Crippen molar-refractivity contribution in [3.05, 3.63) is 100 Å². The van der Waals surface area contributed by atoms with Crippen molar-refractivity contribution in [1.82, 2.24) is 9.55 Å². The summed E-state index contributed by atoms with van der Waals surface area (Å²) in [6.45, 7) is 9.96. The summed E-state index contributed by atoms with van der Waals surface area (Å²) in [5.41, 5.74) is 7.87. The van der Waals surface area contributed by atoms with E-state index in [1.54, 1.807) is 6.20 Å². The van der Waals surface area contributed by atoms with Crippen molar-refractivity contribution in [2.75, 3.05) is 0 Å². The molecule has 4 aromatic rings. The van der Waals surface area contributed by atoms with Gasteiger partial charge in [0.2, 0.25) is 0 Å². The van der Waals surface area contributed by atoms with Crippen molar-refractivity contribution >= 4 is 30.5 Å². The number of imidazole rings is 1. The quantitative estimate of drug-likeness (QED) is 0.213. The first-order chi connectivity index (χ1) is 16.2. The first kappa shape index (κ1) is 24.3. The molecule has 0 saturated heterocycles. The topological polar surface area (TPSA) is 41.7 Å². The maximum Gasteiger partial charge on any atom is 0.145 e. The summed E-state index contributed by atoms with van der Waals surface area (Å²) in [6, 6.07) is 17.6. The van der Waals surface area contributed by atoms with Crippen molar-refractivity contribution in [1.29, 1.82) is 5.41 Å². The normalized spacial score (nSPS) is 11.6. The maximum atomic E-state index is 14.2. The molecule has 6 heteroatoms. The summed E-state index contributed by atoms with van der Waals surface area (Å²) in [7, 11) is 0. The van der Waals surface area contributed by atoms with Gasteiger partial charge in [-0.1, -0.05) is 60.2 Å². The Morgan fingerprint density at radius 1 is 1.03 bits per heavy atom. The summed E-state index contributed by atoms with van der Waals surface area (Å²) in [5, 5.41) is 8.86. The molecule has 4 rings (SSSR count). The van der Waals surface area contributed by atoms with E-state index in [0.717, 1.165) is 33.5 Å². The predicted molar refractivity (Wildman–Crippen MR) is 145 cm³/mol. The number of hydrogen-bond donors (Lipinski definition) is 2. The van der Waals surface area contributed by atoms with Gasteiger partial charge in [0.25, 0.3) is 0 Å². The number of hydrogen-bond acceptors (Lipinski definition) is 4. The van der Waals surface area contributed by atoms with Gasteiger partial charge in [0.15, 0.2) is 0 Å². The fraction of sp³-hybridized carbons (Fsp3) is 0.214. The molecular weight excluding hydrogens is 461 g/mol. The third-order valence-electron chi connectivity index (χ3n) is 6.09. The molecule has 0 unspecified atom stereocenters. The van der Waals surface area contributed by atoms with Crippen LogP contribution in [0.15, 0.2) is 71.9 Å². The van der Waals surface area contributed by atoms with Crippen molar-refractivity contribution in [2.45, 2.75) is 44.3 Å². The van der Waals surface area contributed by atoms with E-state index in [1.165, 1.54) is 5.56 Å². The van der Waals surface area contributed by atoms with E-state index in [4.69, 9.17) is 23.0 Å². The van der Waals surface area contributed by atoms with Gasteiger partial charge in [-0.2, -0.15) is 3.89 Å². The Bertz CT molecular complexity index is 1350. The second kappa shape index (κ2) is 9.43. The fourth-order valence-electron chi connectivity index (χ4n) is 4.54. The van der Waals surface area contributed by atoms with E-state index in [1.807, 2.05) is 62.5 Å². The lowest BCUT2D eigenvalue weighted by Crippen LogP contribution is -2.16. The summed E-state index contributed by atoms with van der Waals surface area (Å²) in [4.78, 5) is 5.34. The Kier molecular flexibility index (Phi) is 6.74. The number of aromatic nitrogens is 2. The molecule has 0 aliphatic rings. The average molecular weight is 490 g/mol. The lowest BCUT2D eigenvalue weighted by atomic mass is 9.91. The highest BCUT2D eigenvalue weighted by atomic mass is 32.2. The van der Waals surface area contributed by atoms with Gasteiger partial charge in [-0.25, -0.2) is 4.98 Å². The largest absolute Gasteiger partial charge is 0.300 e. The Morgan fingerprint density at radius 2 is 1.68 bits per heavy atom. The van der Waals surface area contributed by atoms with Gasteiger partial charge in [-0.3, -0.25) is 9.98 Å². The molecule has 0 saturated carbocycles. The van der Waals surface area contributed by atoms with Crippen LogP contribution in [-0.4, -0.2) is 15.3 Å². The molecule has 0 bridgehead atoms. The third kappa shape index (κ3) is 4.32. The highest BCUT2D eigenvalue weighted by Gasteiger charge is 2.30. The first-order valence-electron chi connectivity index (χ1n) is 11.1. The molecule has 1 N–H and O–H groups in total. The lowest BCUT2D eigenvalue weighted by molar-refractivity contribution is 0.740. The van der Waals surface area contributed by atoms with Gasteiger partial charge >= 0.3 is 0 Å². The van der Waals surface area contributed by atoms with Crippen LogP contribution in [0.5, 0.6) is 0 Å². The number of thiol groups is 1. The number of benzene rings is 3. The summed E-state index contributed by atoms with van der Waals surface area (Å²) < 4.78 is 15.4. The minimum absolute atomic E-state index is 0.296. The van der Waals surface area contributed by atoms with Crippen LogP contribution in [-0.2, 0) is 4.75 Å². The van der Waals surface area contributed by atoms with Crippen LogP contribution < -0.4 is 0 Å². The summed E-state index contributed by atoms with van der Waals surface area (Å²) in [6.07, 6.45) is 3.69. The van der Waals surface area contributed by atoms with Crippen LogP contribution in [0.25, 0.3) is 17.1 Å². The number of rotatable bonds is 6. The van der Waals surface area contributed by atoms with Crippen LogP contribution in [0.2, 0.25) is 0 Å². The van der Waals surface area contributed by atoms with Crippen LogP contribution >= 0.6 is 24.8 Å². The molecule has 3 nitrogen and oxygen atoms in total. The van der Waals surface area contributed by atoms with Crippen LogP contribution in [0.1, 0.15) is 47.2 Å². The van der Waals surface area contributed by atoms with Gasteiger partial charge in [0.1, 0.15) is 5.82 Å². The second-order valence-corrected chi connectivity index (χ2v) is 10.7. The molecule has 0 aliphatic heterocycles. The minimum Gasteiger partial charge on any atom is -0.300 e. The highest BCUT2D eigenvalue weighted by molar-refractivity contribution is 7.95. The van der Waals surface area contributed by atoms with E-state index >= 15 is 0 Å². The zero-order valence-electron chi connectivity index (χ0n) is 20.0. The van der Waals surface area contributed by atoms with Gasteiger partial charge in [0.05, 0.1) is 28.3 Å². The fourth-order valence-corrected chi connectivity index (χ4v) is 5.20. The molecule has 1 heterocycles. The number of nitrogens with zero attached hydrogens (tertiary/aromatic N) is 2. The number of nitrogens with one attached hydrogen (secondary N) is 1. The molecule has 34 heavy (non-hydrogen) atoms. The Hall–Kier alpha value is -2.83. The van der Waals surface area contributed by atoms with Gasteiger partial charge < -0.3 is 0 Å². The van der Waals surface area contributed by atoms with E-state index < -0.39 is 4.75 Å². The van der Waals surface area contributed by atoms with Crippen molar-refractivity contribution < 1.29 is 3.89 Å².